The minimum absolute atomic E-state index is 0.470. The maximum absolute atomic E-state index is 5.89. The molecule has 1 unspecified atom stereocenters. The average molecular weight is 198 g/mol. The molecule has 2 heteroatoms. The fourth-order valence-electron chi connectivity index (χ4n) is 2.33. The molecule has 1 saturated heterocycles. The lowest BCUT2D eigenvalue weighted by Crippen LogP contribution is -2.41. The van der Waals surface area contributed by atoms with Gasteiger partial charge in [-0.25, -0.2) is 0 Å². The van der Waals surface area contributed by atoms with E-state index in [1.54, 1.807) is 0 Å². The Bertz CT molecular complexity index is 139. The first-order chi connectivity index (χ1) is 6.76. The summed E-state index contributed by atoms with van der Waals surface area (Å²) in [6, 6.07) is 0.470. The van der Waals surface area contributed by atoms with E-state index in [-0.39, 0.29) is 0 Å². The maximum Gasteiger partial charge on any atom is 0.00631 e. The Morgan fingerprint density at radius 3 is 2.43 bits per heavy atom. The molecule has 14 heavy (non-hydrogen) atoms. The van der Waals surface area contributed by atoms with E-state index in [0.29, 0.717) is 6.04 Å². The van der Waals surface area contributed by atoms with Crippen molar-refractivity contribution in [1.82, 2.24) is 4.90 Å². The summed E-state index contributed by atoms with van der Waals surface area (Å²) in [5.74, 6) is 0.911. The third-order valence-electron chi connectivity index (χ3n) is 3.42. The van der Waals surface area contributed by atoms with Crippen LogP contribution in [0.4, 0.5) is 0 Å². The van der Waals surface area contributed by atoms with Gasteiger partial charge in [0.15, 0.2) is 0 Å². The molecule has 1 aliphatic heterocycles. The van der Waals surface area contributed by atoms with Crippen LogP contribution in [-0.2, 0) is 0 Å². The van der Waals surface area contributed by atoms with Gasteiger partial charge in [-0.15, -0.1) is 0 Å². The van der Waals surface area contributed by atoms with E-state index < -0.39 is 0 Å². The lowest BCUT2D eigenvalue weighted by atomic mass is 9.98. The van der Waals surface area contributed by atoms with Crippen LogP contribution < -0.4 is 5.73 Å². The molecule has 1 fully saturated rings. The topological polar surface area (TPSA) is 29.3 Å². The second kappa shape index (κ2) is 6.41. The predicted octanol–water partition coefficient (Wildman–Crippen LogP) is 2.24. The van der Waals surface area contributed by atoms with Gasteiger partial charge in [0.25, 0.3) is 0 Å². The molecule has 0 spiro atoms. The van der Waals surface area contributed by atoms with Crippen LogP contribution in [0.1, 0.15) is 46.0 Å². The van der Waals surface area contributed by atoms with Crippen molar-refractivity contribution in [1.29, 1.82) is 0 Å². The predicted molar refractivity (Wildman–Crippen MR) is 62.3 cm³/mol. The van der Waals surface area contributed by atoms with Crippen LogP contribution in [0.15, 0.2) is 0 Å². The Morgan fingerprint density at radius 2 is 1.93 bits per heavy atom. The largest absolute Gasteiger partial charge is 0.328 e. The number of nitrogens with zero attached hydrogens (tertiary/aromatic N) is 1. The van der Waals surface area contributed by atoms with E-state index in [2.05, 4.69) is 18.7 Å². The Labute approximate surface area is 88.8 Å². The van der Waals surface area contributed by atoms with E-state index in [1.807, 2.05) is 0 Å². The number of hydrogen-bond donors (Lipinski definition) is 1. The number of likely N-dealkylation sites (tertiary alicyclic amines) is 1. The summed E-state index contributed by atoms with van der Waals surface area (Å²) in [4.78, 5) is 2.60. The summed E-state index contributed by atoms with van der Waals surface area (Å²) in [7, 11) is 0. The molecular weight excluding hydrogens is 172 g/mol. The van der Waals surface area contributed by atoms with Gasteiger partial charge in [-0.1, -0.05) is 26.7 Å². The Morgan fingerprint density at radius 1 is 1.29 bits per heavy atom. The van der Waals surface area contributed by atoms with E-state index in [1.165, 1.54) is 51.7 Å². The highest BCUT2D eigenvalue weighted by Gasteiger charge is 2.18. The lowest BCUT2D eigenvalue weighted by Gasteiger charge is -2.32. The molecule has 0 aromatic rings. The van der Waals surface area contributed by atoms with Crippen LogP contribution in [0.2, 0.25) is 0 Å². The van der Waals surface area contributed by atoms with Gasteiger partial charge in [-0.3, -0.25) is 0 Å². The minimum Gasteiger partial charge on any atom is -0.328 e. The maximum atomic E-state index is 5.89. The molecule has 1 atom stereocenters. The summed E-state index contributed by atoms with van der Waals surface area (Å²) < 4.78 is 0. The Hall–Kier alpha value is -0.0800. The average Bonchev–Trinajstić information content (AvgIpc) is 2.20. The van der Waals surface area contributed by atoms with Crippen LogP contribution >= 0.6 is 0 Å². The van der Waals surface area contributed by atoms with Gasteiger partial charge in [-0.2, -0.15) is 0 Å². The van der Waals surface area contributed by atoms with E-state index in [0.717, 1.165) is 5.92 Å². The standard InChI is InChI=1S/C12H26N2/c1-3-5-11(4-2)10-14-8-6-12(13)7-9-14/h11-12H,3-10,13H2,1-2H3. The zero-order chi connectivity index (χ0) is 10.4. The molecule has 0 aliphatic carbocycles. The smallest absolute Gasteiger partial charge is 0.00631 e. The Balaban J connectivity index is 2.21. The fourth-order valence-corrected chi connectivity index (χ4v) is 2.33. The highest BCUT2D eigenvalue weighted by atomic mass is 15.1. The summed E-state index contributed by atoms with van der Waals surface area (Å²) >= 11 is 0. The van der Waals surface area contributed by atoms with Crippen molar-refractivity contribution in [2.45, 2.75) is 52.0 Å². The molecular formula is C12H26N2. The number of piperidine rings is 1. The van der Waals surface area contributed by atoms with Gasteiger partial charge < -0.3 is 10.6 Å². The van der Waals surface area contributed by atoms with Crippen molar-refractivity contribution in [2.75, 3.05) is 19.6 Å². The normalized spacial score (nSPS) is 22.5. The minimum atomic E-state index is 0.470. The molecule has 2 N–H and O–H groups in total. The summed E-state index contributed by atoms with van der Waals surface area (Å²) in [6.45, 7) is 8.35. The van der Waals surface area contributed by atoms with Crippen molar-refractivity contribution in [3.05, 3.63) is 0 Å². The quantitative estimate of drug-likeness (QED) is 0.734. The second-order valence-electron chi connectivity index (χ2n) is 4.70. The highest BCUT2D eigenvalue weighted by molar-refractivity contribution is 4.75. The van der Waals surface area contributed by atoms with Crippen molar-refractivity contribution in [3.63, 3.8) is 0 Å². The van der Waals surface area contributed by atoms with E-state index in [9.17, 15) is 0 Å². The second-order valence-corrected chi connectivity index (χ2v) is 4.70. The molecule has 0 aromatic heterocycles. The molecule has 0 amide bonds. The monoisotopic (exact) mass is 198 g/mol. The zero-order valence-corrected chi connectivity index (χ0v) is 9.84. The molecule has 0 radical (unpaired) electrons. The van der Waals surface area contributed by atoms with Crippen molar-refractivity contribution in [3.8, 4) is 0 Å². The first-order valence-electron chi connectivity index (χ1n) is 6.24. The molecule has 0 bridgehead atoms. The third-order valence-corrected chi connectivity index (χ3v) is 3.42. The molecule has 1 heterocycles. The molecule has 0 saturated carbocycles. The lowest BCUT2D eigenvalue weighted by molar-refractivity contribution is 0.177. The van der Waals surface area contributed by atoms with E-state index >= 15 is 0 Å². The molecule has 84 valence electrons. The molecule has 1 aliphatic rings. The van der Waals surface area contributed by atoms with Gasteiger partial charge >= 0.3 is 0 Å². The SMILES string of the molecule is CCCC(CC)CN1CCC(N)CC1. The van der Waals surface area contributed by atoms with Gasteiger partial charge in [0.1, 0.15) is 0 Å². The van der Waals surface area contributed by atoms with Gasteiger partial charge in [0.05, 0.1) is 0 Å². The van der Waals surface area contributed by atoms with Gasteiger partial charge in [0, 0.05) is 12.6 Å². The Kier molecular flexibility index (Phi) is 5.49. The van der Waals surface area contributed by atoms with Gasteiger partial charge in [-0.05, 0) is 38.3 Å². The summed E-state index contributed by atoms with van der Waals surface area (Å²) in [5.41, 5.74) is 5.89. The van der Waals surface area contributed by atoms with Crippen LogP contribution in [0.5, 0.6) is 0 Å². The summed E-state index contributed by atoms with van der Waals surface area (Å²) in [5, 5.41) is 0. The first kappa shape index (κ1) is 12.0. The highest BCUT2D eigenvalue weighted by Crippen LogP contribution is 2.16. The first-order valence-corrected chi connectivity index (χ1v) is 6.24. The van der Waals surface area contributed by atoms with Crippen molar-refractivity contribution in [2.24, 2.45) is 11.7 Å². The van der Waals surface area contributed by atoms with Crippen LogP contribution in [0.25, 0.3) is 0 Å². The zero-order valence-electron chi connectivity index (χ0n) is 9.84. The third kappa shape index (κ3) is 3.97. The van der Waals surface area contributed by atoms with Crippen molar-refractivity contribution < 1.29 is 0 Å². The summed E-state index contributed by atoms with van der Waals surface area (Å²) in [6.07, 6.45) is 6.44. The van der Waals surface area contributed by atoms with Crippen LogP contribution in [-0.4, -0.2) is 30.6 Å². The van der Waals surface area contributed by atoms with Crippen LogP contribution in [0, 0.1) is 5.92 Å². The fraction of sp³-hybridized carbons (Fsp3) is 1.00. The molecule has 1 rings (SSSR count). The van der Waals surface area contributed by atoms with Gasteiger partial charge in [0.2, 0.25) is 0 Å². The molecule has 0 aromatic carbocycles. The number of rotatable bonds is 5. The van der Waals surface area contributed by atoms with Crippen LogP contribution in [0.3, 0.4) is 0 Å². The number of hydrogen-bond acceptors (Lipinski definition) is 2. The molecule has 2 nitrogen and oxygen atoms in total. The number of nitrogens with two attached hydrogens (primary N) is 1. The van der Waals surface area contributed by atoms with E-state index in [4.69, 9.17) is 5.73 Å². The van der Waals surface area contributed by atoms with Crippen molar-refractivity contribution >= 4 is 0 Å².